The van der Waals surface area contributed by atoms with Crippen LogP contribution in [0, 0.1) is 0 Å². The van der Waals surface area contributed by atoms with Crippen molar-refractivity contribution >= 4 is 11.6 Å². The van der Waals surface area contributed by atoms with Crippen LogP contribution < -0.4 is 5.73 Å². The molecule has 0 amide bonds. The summed E-state index contributed by atoms with van der Waals surface area (Å²) in [5.74, 6) is 0.152. The number of benzene rings is 1. The van der Waals surface area contributed by atoms with Gasteiger partial charge in [-0.25, -0.2) is 0 Å². The van der Waals surface area contributed by atoms with Gasteiger partial charge >= 0.3 is 0 Å². The largest absolute Gasteiger partial charge is 0.508 e. The van der Waals surface area contributed by atoms with E-state index in [1.54, 1.807) is 18.2 Å². The van der Waals surface area contributed by atoms with Crippen LogP contribution in [0.4, 0.5) is 0 Å². The molecular weight excluding hydrogens is 186 g/mol. The summed E-state index contributed by atoms with van der Waals surface area (Å²) in [6, 6.07) is 4.64. The molecule has 0 bridgehead atoms. The molecule has 0 saturated heterocycles. The maximum Gasteiger partial charge on any atom is 0.117 e. The minimum atomic E-state index is -0.148. The van der Waals surface area contributed by atoms with E-state index >= 15 is 0 Å². The van der Waals surface area contributed by atoms with E-state index in [0.29, 0.717) is 11.4 Å². The Bertz CT molecular complexity index is 312. The van der Waals surface area contributed by atoms with E-state index in [2.05, 4.69) is 6.58 Å². The minimum absolute atomic E-state index is 0.148. The van der Waals surface area contributed by atoms with Crippen molar-refractivity contribution in [3.05, 3.63) is 41.4 Å². The van der Waals surface area contributed by atoms with Crippen molar-refractivity contribution < 1.29 is 5.11 Å². The third-order valence-corrected chi connectivity index (χ3v) is 2.13. The molecule has 0 fully saturated rings. The molecule has 3 heteroatoms. The first kappa shape index (κ1) is 10.1. The van der Waals surface area contributed by atoms with Crippen LogP contribution in [-0.4, -0.2) is 5.11 Å². The molecule has 0 spiro atoms. The Kier molecular flexibility index (Phi) is 3.34. The second kappa shape index (κ2) is 4.30. The van der Waals surface area contributed by atoms with E-state index in [-0.39, 0.29) is 11.8 Å². The topological polar surface area (TPSA) is 46.2 Å². The molecule has 0 aliphatic rings. The van der Waals surface area contributed by atoms with Crippen LogP contribution in [0.1, 0.15) is 18.0 Å². The van der Waals surface area contributed by atoms with Gasteiger partial charge in [0.15, 0.2) is 0 Å². The summed E-state index contributed by atoms with van der Waals surface area (Å²) in [6.07, 6.45) is 2.42. The van der Waals surface area contributed by atoms with E-state index in [9.17, 15) is 0 Å². The highest BCUT2D eigenvalue weighted by Crippen LogP contribution is 2.27. The molecule has 70 valence electrons. The van der Waals surface area contributed by atoms with Crippen LogP contribution >= 0.6 is 11.6 Å². The molecule has 0 aromatic heterocycles. The highest BCUT2D eigenvalue weighted by atomic mass is 35.5. The Morgan fingerprint density at radius 1 is 1.62 bits per heavy atom. The molecule has 1 atom stereocenters. The Hall–Kier alpha value is -0.990. The Balaban J connectivity index is 2.94. The first-order valence-electron chi connectivity index (χ1n) is 4.00. The molecule has 0 unspecified atom stereocenters. The van der Waals surface area contributed by atoms with Gasteiger partial charge in [0.25, 0.3) is 0 Å². The summed E-state index contributed by atoms with van der Waals surface area (Å²) in [6.45, 7) is 3.60. The number of hydrogen-bond donors (Lipinski definition) is 2. The zero-order valence-corrected chi connectivity index (χ0v) is 7.96. The second-order valence-corrected chi connectivity index (χ2v) is 3.24. The molecule has 2 nitrogen and oxygen atoms in total. The molecule has 0 radical (unpaired) electrons. The summed E-state index contributed by atoms with van der Waals surface area (Å²) in [4.78, 5) is 0. The minimum Gasteiger partial charge on any atom is -0.508 e. The van der Waals surface area contributed by atoms with Crippen molar-refractivity contribution in [2.24, 2.45) is 5.73 Å². The third-order valence-electron chi connectivity index (χ3n) is 1.80. The molecule has 1 aromatic rings. The maximum absolute atomic E-state index is 9.10. The van der Waals surface area contributed by atoms with Crippen LogP contribution in [0.5, 0.6) is 5.75 Å². The lowest BCUT2D eigenvalue weighted by Gasteiger charge is -2.11. The van der Waals surface area contributed by atoms with Gasteiger partial charge in [-0.1, -0.05) is 23.7 Å². The van der Waals surface area contributed by atoms with E-state index in [0.717, 1.165) is 5.56 Å². The number of nitrogens with two attached hydrogens (primary N) is 1. The van der Waals surface area contributed by atoms with Gasteiger partial charge < -0.3 is 10.8 Å². The zero-order valence-electron chi connectivity index (χ0n) is 7.20. The van der Waals surface area contributed by atoms with Crippen LogP contribution in [0.25, 0.3) is 0 Å². The van der Waals surface area contributed by atoms with E-state index in [1.165, 1.54) is 6.07 Å². The number of phenolic OH excluding ortho intramolecular Hbond substituents is 1. The monoisotopic (exact) mass is 197 g/mol. The van der Waals surface area contributed by atoms with E-state index < -0.39 is 0 Å². The van der Waals surface area contributed by atoms with Crippen molar-refractivity contribution in [1.82, 2.24) is 0 Å². The summed E-state index contributed by atoms with van der Waals surface area (Å²) in [5, 5.41) is 9.60. The molecule has 0 aliphatic carbocycles. The molecule has 0 heterocycles. The highest BCUT2D eigenvalue weighted by molar-refractivity contribution is 6.31. The van der Waals surface area contributed by atoms with Gasteiger partial charge in [0.05, 0.1) is 0 Å². The van der Waals surface area contributed by atoms with Crippen molar-refractivity contribution in [1.29, 1.82) is 0 Å². The molecule has 0 saturated carbocycles. The third kappa shape index (κ3) is 2.47. The number of halogens is 1. The fraction of sp³-hybridized carbons (Fsp3) is 0.200. The Morgan fingerprint density at radius 3 is 2.85 bits per heavy atom. The van der Waals surface area contributed by atoms with Gasteiger partial charge in [-0.3, -0.25) is 0 Å². The van der Waals surface area contributed by atoms with Crippen molar-refractivity contribution in [2.45, 2.75) is 12.5 Å². The first-order valence-corrected chi connectivity index (χ1v) is 4.38. The normalized spacial score (nSPS) is 12.5. The van der Waals surface area contributed by atoms with Gasteiger partial charge in [0.1, 0.15) is 5.75 Å². The summed E-state index contributed by atoms with van der Waals surface area (Å²) in [7, 11) is 0. The van der Waals surface area contributed by atoms with E-state index in [1.807, 2.05) is 0 Å². The van der Waals surface area contributed by atoms with Crippen LogP contribution in [0.2, 0.25) is 5.02 Å². The molecule has 0 aliphatic heterocycles. The van der Waals surface area contributed by atoms with Crippen LogP contribution in [0.15, 0.2) is 30.9 Å². The first-order chi connectivity index (χ1) is 6.15. The average Bonchev–Trinajstić information content (AvgIpc) is 2.04. The van der Waals surface area contributed by atoms with Gasteiger partial charge in [-0.05, 0) is 24.1 Å². The molecule has 3 N–H and O–H groups in total. The number of aromatic hydroxyl groups is 1. The number of rotatable bonds is 3. The summed E-state index contributed by atoms with van der Waals surface area (Å²) < 4.78 is 0. The average molecular weight is 198 g/mol. The van der Waals surface area contributed by atoms with Gasteiger partial charge in [-0.2, -0.15) is 0 Å². The lowest BCUT2D eigenvalue weighted by Crippen LogP contribution is -2.09. The molecule has 1 rings (SSSR count). The fourth-order valence-corrected chi connectivity index (χ4v) is 1.44. The van der Waals surface area contributed by atoms with Crippen LogP contribution in [-0.2, 0) is 0 Å². The zero-order chi connectivity index (χ0) is 9.84. The standard InChI is InChI=1S/C10H12ClNO/c1-2-3-10(12)8-5-4-7(13)6-9(8)11/h2,4-6,10,13H,1,3,12H2/t10-/m1/s1. The second-order valence-electron chi connectivity index (χ2n) is 2.84. The van der Waals surface area contributed by atoms with Gasteiger partial charge in [0, 0.05) is 11.1 Å². The smallest absolute Gasteiger partial charge is 0.117 e. The summed E-state index contributed by atoms with van der Waals surface area (Å²) in [5.41, 5.74) is 6.65. The van der Waals surface area contributed by atoms with Crippen molar-refractivity contribution in [3.63, 3.8) is 0 Å². The molecule has 1 aromatic carbocycles. The van der Waals surface area contributed by atoms with Crippen LogP contribution in [0.3, 0.4) is 0 Å². The quantitative estimate of drug-likeness (QED) is 0.732. The SMILES string of the molecule is C=CC[C@@H](N)c1ccc(O)cc1Cl. The van der Waals surface area contributed by atoms with E-state index in [4.69, 9.17) is 22.4 Å². The summed E-state index contributed by atoms with van der Waals surface area (Å²) >= 11 is 5.89. The highest BCUT2D eigenvalue weighted by Gasteiger charge is 2.08. The Labute approximate surface area is 82.6 Å². The Morgan fingerprint density at radius 2 is 2.31 bits per heavy atom. The number of phenols is 1. The lowest BCUT2D eigenvalue weighted by molar-refractivity contribution is 0.475. The van der Waals surface area contributed by atoms with Crippen molar-refractivity contribution in [2.75, 3.05) is 0 Å². The maximum atomic E-state index is 9.10. The van der Waals surface area contributed by atoms with Crippen molar-refractivity contribution in [3.8, 4) is 5.75 Å². The van der Waals surface area contributed by atoms with Gasteiger partial charge in [-0.15, -0.1) is 6.58 Å². The molecule has 13 heavy (non-hydrogen) atoms. The fourth-order valence-electron chi connectivity index (χ4n) is 1.12. The predicted molar refractivity (Wildman–Crippen MR) is 54.9 cm³/mol. The van der Waals surface area contributed by atoms with Gasteiger partial charge in [0.2, 0.25) is 0 Å². The number of hydrogen-bond acceptors (Lipinski definition) is 2. The molecular formula is C10H12ClNO. The lowest BCUT2D eigenvalue weighted by atomic mass is 10.0. The predicted octanol–water partition coefficient (Wildman–Crippen LogP) is 2.62.